The summed E-state index contributed by atoms with van der Waals surface area (Å²) in [6.45, 7) is 6.90. The van der Waals surface area contributed by atoms with E-state index in [1.54, 1.807) is 17.9 Å². The number of ether oxygens (including phenoxy) is 1. The van der Waals surface area contributed by atoms with E-state index >= 15 is 0 Å². The molecule has 1 atom stereocenters. The van der Waals surface area contributed by atoms with Crippen LogP contribution in [0.15, 0.2) is 30.9 Å². The molecule has 0 spiro atoms. The Kier molecular flexibility index (Phi) is 6.03. The number of nitrogens with zero attached hydrogens (tertiary/aromatic N) is 2. The Balaban J connectivity index is 1.92. The van der Waals surface area contributed by atoms with Crippen LogP contribution in [0, 0.1) is 11.6 Å². The maximum absolute atomic E-state index is 13.2. The van der Waals surface area contributed by atoms with Gasteiger partial charge in [-0.15, -0.1) is 6.58 Å². The second-order valence-corrected chi connectivity index (χ2v) is 5.51. The third-order valence-corrected chi connectivity index (χ3v) is 3.86. The zero-order valence-electron chi connectivity index (χ0n) is 13.5. The molecule has 1 fully saturated rings. The van der Waals surface area contributed by atoms with Gasteiger partial charge in [-0.05, 0) is 25.1 Å². The van der Waals surface area contributed by atoms with E-state index in [2.05, 4.69) is 6.58 Å². The number of carbonyl (C=O) groups excluding carboxylic acids is 2. The molecule has 0 radical (unpaired) electrons. The molecule has 0 N–H and O–H groups in total. The quantitative estimate of drug-likeness (QED) is 0.770. The second-order valence-electron chi connectivity index (χ2n) is 5.51. The van der Waals surface area contributed by atoms with E-state index in [9.17, 15) is 18.4 Å². The van der Waals surface area contributed by atoms with Crippen molar-refractivity contribution in [2.24, 2.45) is 0 Å². The van der Waals surface area contributed by atoms with Gasteiger partial charge in [0.1, 0.15) is 6.10 Å². The summed E-state index contributed by atoms with van der Waals surface area (Å²) in [5.74, 6) is -2.56. The SMILES string of the molecule is C=CCOC(C)C(=O)N1CCN(C(=O)c2ccc(F)c(F)c2)CC1. The molecule has 1 aliphatic heterocycles. The molecule has 0 bridgehead atoms. The van der Waals surface area contributed by atoms with E-state index in [4.69, 9.17) is 4.74 Å². The van der Waals surface area contributed by atoms with Crippen molar-refractivity contribution in [1.29, 1.82) is 0 Å². The molecule has 7 heteroatoms. The van der Waals surface area contributed by atoms with E-state index in [-0.39, 0.29) is 17.4 Å². The van der Waals surface area contributed by atoms with E-state index in [0.717, 1.165) is 12.1 Å². The molecule has 1 aliphatic rings. The first kappa shape index (κ1) is 18.1. The summed E-state index contributed by atoms with van der Waals surface area (Å²) in [4.78, 5) is 27.7. The van der Waals surface area contributed by atoms with E-state index in [1.165, 1.54) is 11.0 Å². The number of halogens is 2. The van der Waals surface area contributed by atoms with Crippen molar-refractivity contribution in [3.05, 3.63) is 48.1 Å². The summed E-state index contributed by atoms with van der Waals surface area (Å²) in [6, 6.07) is 3.07. The molecule has 130 valence electrons. The van der Waals surface area contributed by atoms with Crippen LogP contribution in [0.5, 0.6) is 0 Å². The van der Waals surface area contributed by atoms with E-state index in [1.807, 2.05) is 0 Å². The standard InChI is InChI=1S/C17H20F2N2O3/c1-3-10-24-12(2)16(22)20-6-8-21(9-7-20)17(23)13-4-5-14(18)15(19)11-13/h3-5,11-12H,1,6-10H2,2H3. The van der Waals surface area contributed by atoms with Crippen molar-refractivity contribution in [2.45, 2.75) is 13.0 Å². The summed E-state index contributed by atoms with van der Waals surface area (Å²) >= 11 is 0. The summed E-state index contributed by atoms with van der Waals surface area (Å²) in [5.41, 5.74) is 0.0939. The van der Waals surface area contributed by atoms with Crippen LogP contribution in [0.4, 0.5) is 8.78 Å². The Bertz CT molecular complexity index is 628. The summed E-state index contributed by atoms with van der Waals surface area (Å²) in [7, 11) is 0. The predicted molar refractivity (Wildman–Crippen MR) is 84.5 cm³/mol. The Morgan fingerprint density at radius 3 is 2.42 bits per heavy atom. The molecule has 0 aliphatic carbocycles. The topological polar surface area (TPSA) is 49.9 Å². The van der Waals surface area contributed by atoms with E-state index in [0.29, 0.717) is 32.8 Å². The Morgan fingerprint density at radius 2 is 1.83 bits per heavy atom. The lowest BCUT2D eigenvalue weighted by Gasteiger charge is -2.35. The van der Waals surface area contributed by atoms with Gasteiger partial charge in [0, 0.05) is 31.7 Å². The summed E-state index contributed by atoms with van der Waals surface area (Å²) < 4.78 is 31.5. The molecule has 2 rings (SSSR count). The largest absolute Gasteiger partial charge is 0.365 e. The molecule has 0 saturated carbocycles. The number of hydrogen-bond acceptors (Lipinski definition) is 3. The fourth-order valence-electron chi connectivity index (χ4n) is 2.48. The minimum atomic E-state index is -1.05. The minimum Gasteiger partial charge on any atom is -0.365 e. The lowest BCUT2D eigenvalue weighted by Crippen LogP contribution is -2.52. The van der Waals surface area contributed by atoms with Crippen LogP contribution in [-0.4, -0.2) is 60.5 Å². The van der Waals surface area contributed by atoms with Crippen LogP contribution in [0.2, 0.25) is 0 Å². The van der Waals surface area contributed by atoms with Gasteiger partial charge in [-0.1, -0.05) is 6.08 Å². The predicted octanol–water partition coefficient (Wildman–Crippen LogP) is 1.84. The molecule has 1 heterocycles. The highest BCUT2D eigenvalue weighted by Crippen LogP contribution is 2.13. The maximum atomic E-state index is 13.2. The number of hydrogen-bond donors (Lipinski definition) is 0. The first-order valence-electron chi connectivity index (χ1n) is 7.69. The molecular formula is C17H20F2N2O3. The highest BCUT2D eigenvalue weighted by molar-refractivity contribution is 5.94. The van der Waals surface area contributed by atoms with Gasteiger partial charge in [-0.2, -0.15) is 0 Å². The number of amides is 2. The lowest BCUT2D eigenvalue weighted by atomic mass is 10.1. The lowest BCUT2D eigenvalue weighted by molar-refractivity contribution is -0.143. The molecule has 24 heavy (non-hydrogen) atoms. The third kappa shape index (κ3) is 4.17. The van der Waals surface area contributed by atoms with Gasteiger partial charge in [0.05, 0.1) is 6.61 Å². The van der Waals surface area contributed by atoms with Crippen molar-refractivity contribution in [2.75, 3.05) is 32.8 Å². The van der Waals surface area contributed by atoms with Crippen molar-refractivity contribution < 1.29 is 23.1 Å². The van der Waals surface area contributed by atoms with Gasteiger partial charge in [0.2, 0.25) is 0 Å². The minimum absolute atomic E-state index is 0.0939. The van der Waals surface area contributed by atoms with Crippen molar-refractivity contribution >= 4 is 11.8 Å². The van der Waals surface area contributed by atoms with Gasteiger partial charge in [-0.25, -0.2) is 8.78 Å². The van der Waals surface area contributed by atoms with E-state index < -0.39 is 17.7 Å². The van der Waals surface area contributed by atoms with Gasteiger partial charge < -0.3 is 14.5 Å². The van der Waals surface area contributed by atoms with Crippen LogP contribution in [-0.2, 0) is 9.53 Å². The molecule has 5 nitrogen and oxygen atoms in total. The average molecular weight is 338 g/mol. The number of piperazine rings is 1. The van der Waals surface area contributed by atoms with Crippen LogP contribution < -0.4 is 0 Å². The summed E-state index contributed by atoms with van der Waals surface area (Å²) in [6.07, 6.45) is 0.999. The molecule has 0 aromatic heterocycles. The maximum Gasteiger partial charge on any atom is 0.254 e. The molecule has 2 amide bonds. The van der Waals surface area contributed by atoms with Crippen LogP contribution >= 0.6 is 0 Å². The van der Waals surface area contributed by atoms with Crippen LogP contribution in [0.3, 0.4) is 0 Å². The number of carbonyl (C=O) groups is 2. The Morgan fingerprint density at radius 1 is 1.21 bits per heavy atom. The number of benzene rings is 1. The van der Waals surface area contributed by atoms with Crippen molar-refractivity contribution in [1.82, 2.24) is 9.80 Å². The smallest absolute Gasteiger partial charge is 0.254 e. The second kappa shape index (κ2) is 8.01. The van der Waals surface area contributed by atoms with Gasteiger partial charge in [-0.3, -0.25) is 9.59 Å². The van der Waals surface area contributed by atoms with Gasteiger partial charge >= 0.3 is 0 Å². The van der Waals surface area contributed by atoms with Crippen LogP contribution in [0.1, 0.15) is 17.3 Å². The Hall–Kier alpha value is -2.28. The highest BCUT2D eigenvalue weighted by Gasteiger charge is 2.27. The monoisotopic (exact) mass is 338 g/mol. The zero-order valence-corrected chi connectivity index (χ0v) is 13.5. The first-order valence-corrected chi connectivity index (χ1v) is 7.69. The van der Waals surface area contributed by atoms with Gasteiger partial charge in [0.15, 0.2) is 11.6 Å². The van der Waals surface area contributed by atoms with Crippen molar-refractivity contribution in [3.63, 3.8) is 0 Å². The highest BCUT2D eigenvalue weighted by atomic mass is 19.2. The molecular weight excluding hydrogens is 318 g/mol. The van der Waals surface area contributed by atoms with Gasteiger partial charge in [0.25, 0.3) is 11.8 Å². The number of rotatable bonds is 5. The zero-order chi connectivity index (χ0) is 17.7. The fraction of sp³-hybridized carbons (Fsp3) is 0.412. The molecule has 1 saturated heterocycles. The molecule has 1 aromatic rings. The summed E-state index contributed by atoms with van der Waals surface area (Å²) in [5, 5.41) is 0. The average Bonchev–Trinajstić information content (AvgIpc) is 2.60. The fourth-order valence-corrected chi connectivity index (χ4v) is 2.48. The Labute approximate surface area is 139 Å². The van der Waals surface area contributed by atoms with Crippen LogP contribution in [0.25, 0.3) is 0 Å². The first-order chi connectivity index (χ1) is 11.4. The third-order valence-electron chi connectivity index (χ3n) is 3.86. The normalized spacial score (nSPS) is 16.0. The molecule has 1 unspecified atom stereocenters. The van der Waals surface area contributed by atoms with Crippen molar-refractivity contribution in [3.8, 4) is 0 Å². The molecule has 1 aromatic carbocycles.